The molecule has 5 nitrogen and oxygen atoms in total. The number of rotatable bonds is 2. The van der Waals surface area contributed by atoms with Crippen LogP contribution in [0.25, 0.3) is 0 Å². The number of aromatic nitrogens is 2. The molecule has 0 radical (unpaired) electrons. The zero-order valence-electron chi connectivity index (χ0n) is 16.9. The first-order chi connectivity index (χ1) is 15.3. The van der Waals surface area contributed by atoms with Gasteiger partial charge in [0.15, 0.2) is 6.04 Å². The molecule has 32 heavy (non-hydrogen) atoms. The molecule has 1 N–H and O–H groups in total. The number of anilines is 1. The quantitative estimate of drug-likeness (QED) is 0.573. The monoisotopic (exact) mass is 444 g/mol. The number of alkyl halides is 3. The van der Waals surface area contributed by atoms with Crippen molar-refractivity contribution in [1.29, 1.82) is 0 Å². The summed E-state index contributed by atoms with van der Waals surface area (Å²) in [5.74, 6) is -0.797. The Kier molecular flexibility index (Phi) is 4.91. The van der Waals surface area contributed by atoms with E-state index in [4.69, 9.17) is 0 Å². The van der Waals surface area contributed by atoms with Crippen molar-refractivity contribution in [3.05, 3.63) is 82.8 Å². The summed E-state index contributed by atoms with van der Waals surface area (Å²) in [4.78, 5) is 14.9. The number of carbonyl (C=O) groups excluding carboxylic acids is 1. The van der Waals surface area contributed by atoms with Gasteiger partial charge in [-0.15, -0.1) is 0 Å². The van der Waals surface area contributed by atoms with Crippen LogP contribution in [0.4, 0.5) is 23.4 Å². The second kappa shape index (κ2) is 7.65. The van der Waals surface area contributed by atoms with Crippen molar-refractivity contribution >= 4 is 11.7 Å². The Balaban J connectivity index is 1.48. The molecule has 5 rings (SSSR count). The third-order valence-electron chi connectivity index (χ3n) is 6.16. The van der Waals surface area contributed by atoms with Gasteiger partial charge in [-0.2, -0.15) is 18.3 Å². The van der Waals surface area contributed by atoms with E-state index in [-0.39, 0.29) is 23.7 Å². The van der Waals surface area contributed by atoms with Crippen LogP contribution >= 0.6 is 0 Å². The van der Waals surface area contributed by atoms with Crippen LogP contribution < -0.4 is 5.32 Å². The Labute approximate surface area is 181 Å². The molecule has 0 bridgehead atoms. The Hall–Kier alpha value is -3.36. The minimum Gasteiger partial charge on any atom is -0.363 e. The molecule has 2 aliphatic heterocycles. The summed E-state index contributed by atoms with van der Waals surface area (Å²) in [6, 6.07) is 10.5. The van der Waals surface area contributed by atoms with Crippen LogP contribution in [-0.2, 0) is 13.0 Å². The fourth-order valence-corrected chi connectivity index (χ4v) is 4.47. The Bertz CT molecular complexity index is 1160. The molecule has 0 fully saturated rings. The van der Waals surface area contributed by atoms with Crippen LogP contribution in [0.1, 0.15) is 45.6 Å². The van der Waals surface area contributed by atoms with Crippen molar-refractivity contribution in [3.8, 4) is 0 Å². The van der Waals surface area contributed by atoms with Crippen molar-refractivity contribution in [2.75, 3.05) is 11.9 Å². The molecule has 3 aromatic rings. The molecule has 1 aromatic heterocycles. The molecule has 2 aromatic carbocycles. The number of hydrogen-bond acceptors (Lipinski definition) is 3. The van der Waals surface area contributed by atoms with Gasteiger partial charge >= 0.3 is 6.18 Å². The SMILES string of the molecule is O=C(c1cnn2c1N[C@@H](c1ccc(F)cc1)C[C@H]2C(F)(F)F)N1CCc2ccccc2C1. The van der Waals surface area contributed by atoms with Crippen molar-refractivity contribution in [1.82, 2.24) is 14.7 Å². The van der Waals surface area contributed by atoms with Crippen LogP contribution in [0.3, 0.4) is 0 Å². The summed E-state index contributed by atoms with van der Waals surface area (Å²) in [6.45, 7) is 0.869. The van der Waals surface area contributed by atoms with E-state index in [1.807, 2.05) is 24.3 Å². The van der Waals surface area contributed by atoms with Gasteiger partial charge in [-0.1, -0.05) is 36.4 Å². The first-order valence-electron chi connectivity index (χ1n) is 10.3. The minimum atomic E-state index is -4.55. The van der Waals surface area contributed by atoms with E-state index < -0.39 is 24.1 Å². The number of hydrogen-bond donors (Lipinski definition) is 1. The molecule has 0 saturated heterocycles. The number of benzene rings is 2. The molecular weight excluding hydrogens is 424 g/mol. The summed E-state index contributed by atoms with van der Waals surface area (Å²) >= 11 is 0. The van der Waals surface area contributed by atoms with E-state index in [1.165, 1.54) is 36.0 Å². The standard InChI is InChI=1S/C23H20F4N4O/c24-17-7-5-15(6-8-17)19-11-20(23(25,26)27)31-21(29-19)18(12-28-31)22(32)30-10-9-14-3-1-2-4-16(14)13-30/h1-8,12,19-20,29H,9-11,13H2/t19-,20+/m1/s1. The molecule has 1 amide bonds. The number of amides is 1. The fourth-order valence-electron chi connectivity index (χ4n) is 4.47. The fraction of sp³-hybridized carbons (Fsp3) is 0.304. The third kappa shape index (κ3) is 3.61. The smallest absolute Gasteiger partial charge is 0.363 e. The van der Waals surface area contributed by atoms with Gasteiger partial charge in [0.25, 0.3) is 5.91 Å². The lowest BCUT2D eigenvalue weighted by Gasteiger charge is -2.34. The highest BCUT2D eigenvalue weighted by molar-refractivity contribution is 5.99. The number of carbonyl (C=O) groups is 1. The minimum absolute atomic E-state index is 0.0387. The highest BCUT2D eigenvalue weighted by Crippen LogP contribution is 2.44. The highest BCUT2D eigenvalue weighted by Gasteiger charge is 2.47. The predicted octanol–water partition coefficient (Wildman–Crippen LogP) is 4.88. The maximum atomic E-state index is 13.9. The van der Waals surface area contributed by atoms with Crippen molar-refractivity contribution in [3.63, 3.8) is 0 Å². The lowest BCUT2D eigenvalue weighted by molar-refractivity contribution is -0.173. The van der Waals surface area contributed by atoms with E-state index >= 15 is 0 Å². The third-order valence-corrected chi connectivity index (χ3v) is 6.16. The Morgan fingerprint density at radius 3 is 2.50 bits per heavy atom. The lowest BCUT2D eigenvalue weighted by Crippen LogP contribution is -2.38. The highest BCUT2D eigenvalue weighted by atomic mass is 19.4. The van der Waals surface area contributed by atoms with Crippen LogP contribution in [0, 0.1) is 5.82 Å². The topological polar surface area (TPSA) is 50.2 Å². The van der Waals surface area contributed by atoms with Gasteiger partial charge in [-0.25, -0.2) is 9.07 Å². The van der Waals surface area contributed by atoms with E-state index in [0.29, 0.717) is 25.1 Å². The number of nitrogens with zero attached hydrogens (tertiary/aromatic N) is 3. The zero-order chi connectivity index (χ0) is 22.5. The maximum Gasteiger partial charge on any atom is 0.410 e. The van der Waals surface area contributed by atoms with E-state index in [2.05, 4.69) is 10.4 Å². The van der Waals surface area contributed by atoms with Crippen LogP contribution in [0.2, 0.25) is 0 Å². The van der Waals surface area contributed by atoms with Gasteiger partial charge in [0.1, 0.15) is 17.2 Å². The van der Waals surface area contributed by atoms with Gasteiger partial charge in [0.2, 0.25) is 0 Å². The van der Waals surface area contributed by atoms with Crippen LogP contribution in [0.5, 0.6) is 0 Å². The first kappa shape index (κ1) is 20.5. The van der Waals surface area contributed by atoms with E-state index in [1.54, 1.807) is 4.90 Å². The Morgan fingerprint density at radius 1 is 1.06 bits per heavy atom. The number of nitrogens with one attached hydrogen (secondary N) is 1. The van der Waals surface area contributed by atoms with E-state index in [0.717, 1.165) is 10.2 Å². The van der Waals surface area contributed by atoms with Gasteiger partial charge in [0.05, 0.1) is 12.2 Å². The van der Waals surface area contributed by atoms with Gasteiger partial charge < -0.3 is 10.2 Å². The van der Waals surface area contributed by atoms with Gasteiger partial charge in [-0.3, -0.25) is 4.79 Å². The summed E-state index contributed by atoms with van der Waals surface area (Å²) in [7, 11) is 0. The normalized spacial score (nSPS) is 20.3. The van der Waals surface area contributed by atoms with Gasteiger partial charge in [0, 0.05) is 19.5 Å². The molecule has 3 heterocycles. The number of fused-ring (bicyclic) bond motifs is 2. The number of halogens is 4. The first-order valence-corrected chi connectivity index (χ1v) is 10.3. The average Bonchev–Trinajstić information content (AvgIpc) is 3.21. The molecule has 0 aliphatic carbocycles. The molecule has 0 saturated carbocycles. The van der Waals surface area contributed by atoms with Gasteiger partial charge in [-0.05, 0) is 35.2 Å². The summed E-state index contributed by atoms with van der Waals surface area (Å²) < 4.78 is 55.8. The molecule has 166 valence electrons. The molecule has 0 unspecified atom stereocenters. The summed E-state index contributed by atoms with van der Waals surface area (Å²) in [6.07, 6.45) is -2.97. The summed E-state index contributed by atoms with van der Waals surface area (Å²) in [5.41, 5.74) is 2.81. The maximum absolute atomic E-state index is 13.9. The summed E-state index contributed by atoms with van der Waals surface area (Å²) in [5, 5.41) is 6.99. The van der Waals surface area contributed by atoms with Crippen molar-refractivity contribution in [2.24, 2.45) is 0 Å². The molecule has 2 aliphatic rings. The zero-order valence-corrected chi connectivity index (χ0v) is 16.9. The van der Waals surface area contributed by atoms with Crippen molar-refractivity contribution in [2.45, 2.75) is 37.6 Å². The van der Waals surface area contributed by atoms with Crippen LogP contribution in [0.15, 0.2) is 54.7 Å². The predicted molar refractivity (Wildman–Crippen MR) is 110 cm³/mol. The second-order valence-electron chi connectivity index (χ2n) is 8.14. The molecule has 2 atom stereocenters. The van der Waals surface area contributed by atoms with Crippen LogP contribution in [-0.4, -0.2) is 33.3 Å². The molecule has 9 heteroatoms. The average molecular weight is 444 g/mol. The molecular formula is C23H20F4N4O. The van der Waals surface area contributed by atoms with Crippen molar-refractivity contribution < 1.29 is 22.4 Å². The molecule has 0 spiro atoms. The van der Waals surface area contributed by atoms with E-state index in [9.17, 15) is 22.4 Å². The largest absolute Gasteiger partial charge is 0.410 e. The Morgan fingerprint density at radius 2 is 1.78 bits per heavy atom. The second-order valence-corrected chi connectivity index (χ2v) is 8.14. The lowest BCUT2D eigenvalue weighted by atomic mass is 9.96.